The minimum Gasteiger partial charge on any atom is -0.352 e. The highest BCUT2D eigenvalue weighted by atomic mass is 16.2. The van der Waals surface area contributed by atoms with Gasteiger partial charge in [0.05, 0.1) is 5.92 Å². The molecule has 0 bridgehead atoms. The van der Waals surface area contributed by atoms with Crippen LogP contribution in [0.2, 0.25) is 0 Å². The molecule has 3 heterocycles. The van der Waals surface area contributed by atoms with Crippen molar-refractivity contribution in [3.8, 4) is 5.82 Å². The van der Waals surface area contributed by atoms with Crippen molar-refractivity contribution >= 4 is 5.91 Å². The van der Waals surface area contributed by atoms with E-state index in [-0.39, 0.29) is 11.8 Å². The van der Waals surface area contributed by atoms with E-state index in [0.29, 0.717) is 6.54 Å². The zero-order valence-electron chi connectivity index (χ0n) is 10.4. The third kappa shape index (κ3) is 2.48. The first-order valence-corrected chi connectivity index (χ1v) is 6.25. The van der Waals surface area contributed by atoms with Crippen LogP contribution in [0.1, 0.15) is 5.56 Å². The molecule has 1 amide bonds. The van der Waals surface area contributed by atoms with Crippen LogP contribution in [0.25, 0.3) is 5.82 Å². The lowest BCUT2D eigenvalue weighted by Gasteiger charge is -2.25. The monoisotopic (exact) mass is 257 g/mol. The molecule has 0 unspecified atom stereocenters. The lowest BCUT2D eigenvalue weighted by molar-refractivity contribution is -0.126. The summed E-state index contributed by atoms with van der Waals surface area (Å²) in [5.74, 6) is 1.000. The highest BCUT2D eigenvalue weighted by Crippen LogP contribution is 2.11. The summed E-state index contributed by atoms with van der Waals surface area (Å²) >= 11 is 0. The van der Waals surface area contributed by atoms with Gasteiger partial charge in [-0.3, -0.25) is 9.36 Å². The first-order chi connectivity index (χ1) is 9.34. The van der Waals surface area contributed by atoms with Gasteiger partial charge in [-0.25, -0.2) is 9.97 Å². The number of amides is 1. The summed E-state index contributed by atoms with van der Waals surface area (Å²) in [7, 11) is 0. The second-order valence-electron chi connectivity index (χ2n) is 4.53. The quantitative estimate of drug-likeness (QED) is 0.815. The van der Waals surface area contributed by atoms with E-state index in [2.05, 4.69) is 20.6 Å². The standard InChI is InChI=1S/C13H15N5O/c19-13(11-6-15-7-11)17-8-10-2-1-3-16-12(10)18-5-4-14-9-18/h1-5,9,11,15H,6-8H2,(H,17,19). The Bertz CT molecular complexity index is 562. The normalized spacial score (nSPS) is 14.9. The van der Waals surface area contributed by atoms with Crippen LogP contribution in [0.4, 0.5) is 0 Å². The molecule has 0 aromatic carbocycles. The van der Waals surface area contributed by atoms with Crippen molar-refractivity contribution in [3.63, 3.8) is 0 Å². The Morgan fingerprint density at radius 1 is 1.47 bits per heavy atom. The van der Waals surface area contributed by atoms with Crippen molar-refractivity contribution in [2.75, 3.05) is 13.1 Å². The second-order valence-corrected chi connectivity index (χ2v) is 4.53. The van der Waals surface area contributed by atoms with Gasteiger partial charge in [-0.2, -0.15) is 0 Å². The molecule has 0 radical (unpaired) electrons. The van der Waals surface area contributed by atoms with Crippen LogP contribution in [-0.2, 0) is 11.3 Å². The zero-order valence-corrected chi connectivity index (χ0v) is 10.4. The molecular weight excluding hydrogens is 242 g/mol. The van der Waals surface area contributed by atoms with Crippen LogP contribution in [-0.4, -0.2) is 33.5 Å². The Morgan fingerprint density at radius 3 is 3.05 bits per heavy atom. The fourth-order valence-corrected chi connectivity index (χ4v) is 1.99. The predicted molar refractivity (Wildman–Crippen MR) is 69.6 cm³/mol. The summed E-state index contributed by atoms with van der Waals surface area (Å²) in [6.45, 7) is 2.02. The number of nitrogens with zero attached hydrogens (tertiary/aromatic N) is 3. The van der Waals surface area contributed by atoms with Gasteiger partial charge < -0.3 is 10.6 Å². The van der Waals surface area contributed by atoms with Gasteiger partial charge in [0, 0.05) is 43.8 Å². The Balaban J connectivity index is 1.72. The summed E-state index contributed by atoms with van der Waals surface area (Å²) < 4.78 is 1.84. The molecule has 98 valence electrons. The molecular formula is C13H15N5O. The summed E-state index contributed by atoms with van der Waals surface area (Å²) in [4.78, 5) is 20.2. The SMILES string of the molecule is O=C(NCc1cccnc1-n1ccnc1)C1CNC1. The zero-order chi connectivity index (χ0) is 13.1. The van der Waals surface area contributed by atoms with Crippen LogP contribution < -0.4 is 10.6 Å². The third-order valence-corrected chi connectivity index (χ3v) is 3.22. The maximum absolute atomic E-state index is 11.8. The van der Waals surface area contributed by atoms with E-state index in [1.54, 1.807) is 18.7 Å². The Kier molecular flexibility index (Phi) is 3.24. The van der Waals surface area contributed by atoms with Crippen LogP contribution >= 0.6 is 0 Å². The van der Waals surface area contributed by atoms with Crippen molar-refractivity contribution < 1.29 is 4.79 Å². The maximum atomic E-state index is 11.8. The largest absolute Gasteiger partial charge is 0.352 e. The van der Waals surface area contributed by atoms with Crippen molar-refractivity contribution in [3.05, 3.63) is 42.6 Å². The topological polar surface area (TPSA) is 71.8 Å². The summed E-state index contributed by atoms with van der Waals surface area (Å²) in [6.07, 6.45) is 6.97. The van der Waals surface area contributed by atoms with Gasteiger partial charge in [-0.1, -0.05) is 6.07 Å². The summed E-state index contributed by atoms with van der Waals surface area (Å²) in [6, 6.07) is 3.83. The van der Waals surface area contributed by atoms with Gasteiger partial charge in [0.2, 0.25) is 5.91 Å². The number of carbonyl (C=O) groups excluding carboxylic acids is 1. The first-order valence-electron chi connectivity index (χ1n) is 6.25. The average molecular weight is 257 g/mol. The van der Waals surface area contributed by atoms with Crippen LogP contribution in [0, 0.1) is 5.92 Å². The molecule has 0 spiro atoms. The van der Waals surface area contributed by atoms with Gasteiger partial charge in [0.25, 0.3) is 0 Å². The molecule has 1 saturated heterocycles. The Hall–Kier alpha value is -2.21. The van der Waals surface area contributed by atoms with Gasteiger partial charge in [0.1, 0.15) is 12.1 Å². The maximum Gasteiger partial charge on any atom is 0.225 e. The van der Waals surface area contributed by atoms with Crippen molar-refractivity contribution in [1.29, 1.82) is 0 Å². The van der Waals surface area contributed by atoms with Crippen LogP contribution in [0.5, 0.6) is 0 Å². The van der Waals surface area contributed by atoms with E-state index in [1.165, 1.54) is 0 Å². The highest BCUT2D eigenvalue weighted by molar-refractivity contribution is 5.80. The molecule has 0 atom stereocenters. The summed E-state index contributed by atoms with van der Waals surface area (Å²) in [5.41, 5.74) is 0.973. The number of rotatable bonds is 4. The minimum atomic E-state index is 0.0965. The van der Waals surface area contributed by atoms with E-state index < -0.39 is 0 Å². The smallest absolute Gasteiger partial charge is 0.225 e. The van der Waals surface area contributed by atoms with Crippen LogP contribution in [0.15, 0.2) is 37.1 Å². The third-order valence-electron chi connectivity index (χ3n) is 3.22. The number of hydrogen-bond acceptors (Lipinski definition) is 4. The number of carbonyl (C=O) groups is 1. The molecule has 1 aliphatic rings. The molecule has 1 aliphatic heterocycles. The number of imidazole rings is 1. The minimum absolute atomic E-state index is 0.0965. The number of nitrogens with one attached hydrogen (secondary N) is 2. The van der Waals surface area contributed by atoms with Gasteiger partial charge >= 0.3 is 0 Å². The van der Waals surface area contributed by atoms with Crippen molar-refractivity contribution in [2.45, 2.75) is 6.54 Å². The van der Waals surface area contributed by atoms with Crippen molar-refractivity contribution in [2.24, 2.45) is 5.92 Å². The molecule has 0 saturated carbocycles. The molecule has 2 N–H and O–H groups in total. The molecule has 19 heavy (non-hydrogen) atoms. The number of aromatic nitrogens is 3. The molecule has 2 aromatic rings. The molecule has 6 heteroatoms. The predicted octanol–water partition coefficient (Wildman–Crippen LogP) is 0.103. The molecule has 6 nitrogen and oxygen atoms in total. The lowest BCUT2D eigenvalue weighted by Crippen LogP contribution is -2.50. The van der Waals surface area contributed by atoms with Gasteiger partial charge in [0.15, 0.2) is 0 Å². The molecule has 1 fully saturated rings. The lowest BCUT2D eigenvalue weighted by atomic mass is 10.0. The summed E-state index contributed by atoms with van der Waals surface area (Å²) in [5, 5.41) is 6.04. The first kappa shape index (κ1) is 11.9. The van der Waals surface area contributed by atoms with Crippen LogP contribution in [0.3, 0.4) is 0 Å². The Morgan fingerprint density at radius 2 is 2.37 bits per heavy atom. The van der Waals surface area contributed by atoms with E-state index in [0.717, 1.165) is 24.5 Å². The fraction of sp³-hybridized carbons (Fsp3) is 0.308. The molecule has 2 aromatic heterocycles. The van der Waals surface area contributed by atoms with Gasteiger partial charge in [-0.05, 0) is 6.07 Å². The van der Waals surface area contributed by atoms with Crippen molar-refractivity contribution in [1.82, 2.24) is 25.2 Å². The van der Waals surface area contributed by atoms with E-state index in [9.17, 15) is 4.79 Å². The van der Waals surface area contributed by atoms with Gasteiger partial charge in [-0.15, -0.1) is 0 Å². The molecule has 3 rings (SSSR count). The van der Waals surface area contributed by atoms with E-state index in [1.807, 2.05) is 22.9 Å². The number of pyridine rings is 1. The fourth-order valence-electron chi connectivity index (χ4n) is 1.99. The second kappa shape index (κ2) is 5.19. The Labute approximate surface area is 110 Å². The average Bonchev–Trinajstić information content (AvgIpc) is 2.88. The number of hydrogen-bond donors (Lipinski definition) is 2. The van der Waals surface area contributed by atoms with E-state index in [4.69, 9.17) is 0 Å². The van der Waals surface area contributed by atoms with E-state index >= 15 is 0 Å². The molecule has 0 aliphatic carbocycles. The highest BCUT2D eigenvalue weighted by Gasteiger charge is 2.24.